The minimum absolute atomic E-state index is 0.0833. The normalized spacial score (nSPS) is 10.9. The van der Waals surface area contributed by atoms with Gasteiger partial charge in [-0.3, -0.25) is 0 Å². The highest BCUT2D eigenvalue weighted by atomic mass is 16.5. The van der Waals surface area contributed by atoms with Gasteiger partial charge in [0.1, 0.15) is 17.1 Å². The number of ether oxygens (including phenoxy) is 2. The first-order valence-corrected chi connectivity index (χ1v) is 9.13. The lowest BCUT2D eigenvalue weighted by Crippen LogP contribution is -2.05. The van der Waals surface area contributed by atoms with Gasteiger partial charge in [0, 0.05) is 5.39 Å². The summed E-state index contributed by atoms with van der Waals surface area (Å²) in [6.07, 6.45) is 0. The Bertz CT molecular complexity index is 1190. The Balaban J connectivity index is 2.10. The molecule has 0 aromatic heterocycles. The van der Waals surface area contributed by atoms with Crippen LogP contribution in [0, 0.1) is 0 Å². The van der Waals surface area contributed by atoms with Crippen molar-refractivity contribution in [2.24, 2.45) is 0 Å². The SMILES string of the molecule is CCOC(=O)c1cc(-c2cccc3ccccc23)c2cc(OC)ccc2c1O. The second-order valence-electron chi connectivity index (χ2n) is 6.48. The average Bonchev–Trinajstić information content (AvgIpc) is 2.73. The van der Waals surface area contributed by atoms with Gasteiger partial charge < -0.3 is 14.6 Å². The van der Waals surface area contributed by atoms with Crippen molar-refractivity contribution in [1.29, 1.82) is 0 Å². The van der Waals surface area contributed by atoms with Crippen LogP contribution < -0.4 is 4.74 Å². The molecule has 0 aliphatic carbocycles. The number of hydrogen-bond donors (Lipinski definition) is 1. The Hall–Kier alpha value is -3.53. The van der Waals surface area contributed by atoms with Crippen molar-refractivity contribution in [1.82, 2.24) is 0 Å². The van der Waals surface area contributed by atoms with Crippen molar-refractivity contribution in [3.8, 4) is 22.6 Å². The molecule has 4 heteroatoms. The fourth-order valence-electron chi connectivity index (χ4n) is 3.56. The van der Waals surface area contributed by atoms with E-state index < -0.39 is 5.97 Å². The van der Waals surface area contributed by atoms with Crippen molar-refractivity contribution < 1.29 is 19.4 Å². The minimum atomic E-state index is -0.542. The van der Waals surface area contributed by atoms with E-state index in [0.29, 0.717) is 11.1 Å². The van der Waals surface area contributed by atoms with Crippen LogP contribution in [0.25, 0.3) is 32.7 Å². The highest BCUT2D eigenvalue weighted by molar-refractivity contribution is 6.11. The maximum Gasteiger partial charge on any atom is 0.341 e. The van der Waals surface area contributed by atoms with E-state index in [1.165, 1.54) is 0 Å². The van der Waals surface area contributed by atoms with Gasteiger partial charge >= 0.3 is 5.97 Å². The van der Waals surface area contributed by atoms with Crippen molar-refractivity contribution in [3.63, 3.8) is 0 Å². The predicted molar refractivity (Wildman–Crippen MR) is 111 cm³/mol. The van der Waals surface area contributed by atoms with Crippen LogP contribution >= 0.6 is 0 Å². The number of phenolic OH excluding ortho intramolecular Hbond substituents is 1. The molecule has 0 fully saturated rings. The summed E-state index contributed by atoms with van der Waals surface area (Å²) >= 11 is 0. The zero-order valence-electron chi connectivity index (χ0n) is 15.7. The van der Waals surface area contributed by atoms with E-state index in [2.05, 4.69) is 0 Å². The van der Waals surface area contributed by atoms with Crippen LogP contribution in [0.1, 0.15) is 17.3 Å². The summed E-state index contributed by atoms with van der Waals surface area (Å²) in [7, 11) is 1.60. The number of rotatable bonds is 4. The summed E-state index contributed by atoms with van der Waals surface area (Å²) in [5.74, 6) is 0.0524. The standard InChI is InChI=1S/C24H20O4/c1-3-28-24(26)22-14-21(18-10-6-8-15-7-4-5-9-17(15)18)20-13-16(27-2)11-12-19(20)23(22)25/h4-14,25H,3H2,1-2H3. The minimum Gasteiger partial charge on any atom is -0.506 e. The summed E-state index contributed by atoms with van der Waals surface area (Å²) in [6, 6.07) is 21.2. The molecule has 28 heavy (non-hydrogen) atoms. The van der Waals surface area contributed by atoms with Crippen LogP contribution in [-0.4, -0.2) is 24.8 Å². The molecule has 0 heterocycles. The molecule has 0 saturated carbocycles. The van der Waals surface area contributed by atoms with E-state index in [-0.39, 0.29) is 17.9 Å². The zero-order valence-corrected chi connectivity index (χ0v) is 15.7. The maximum atomic E-state index is 12.5. The first kappa shape index (κ1) is 17.9. The number of phenols is 1. The predicted octanol–water partition coefficient (Wildman–Crippen LogP) is 5.55. The molecule has 0 amide bonds. The largest absolute Gasteiger partial charge is 0.506 e. The summed E-state index contributed by atoms with van der Waals surface area (Å²) in [4.78, 5) is 12.5. The molecular weight excluding hydrogens is 352 g/mol. The third kappa shape index (κ3) is 2.93. The lowest BCUT2D eigenvalue weighted by molar-refractivity contribution is 0.0523. The Labute approximate surface area is 162 Å². The van der Waals surface area contributed by atoms with Crippen LogP contribution in [0.4, 0.5) is 0 Å². The number of fused-ring (bicyclic) bond motifs is 2. The van der Waals surface area contributed by atoms with Crippen LogP contribution in [0.2, 0.25) is 0 Å². The second kappa shape index (κ2) is 7.24. The summed E-state index contributed by atoms with van der Waals surface area (Å²) in [5, 5.41) is 14.3. The summed E-state index contributed by atoms with van der Waals surface area (Å²) in [5.41, 5.74) is 1.97. The Kier molecular flexibility index (Phi) is 4.62. The van der Waals surface area contributed by atoms with Crippen LogP contribution in [0.5, 0.6) is 11.5 Å². The van der Waals surface area contributed by atoms with Crippen molar-refractivity contribution in [2.45, 2.75) is 6.92 Å². The molecule has 0 aliphatic heterocycles. The van der Waals surface area contributed by atoms with Gasteiger partial charge in [0.05, 0.1) is 13.7 Å². The van der Waals surface area contributed by atoms with Gasteiger partial charge in [0.25, 0.3) is 0 Å². The van der Waals surface area contributed by atoms with E-state index in [4.69, 9.17) is 9.47 Å². The number of esters is 1. The van der Waals surface area contributed by atoms with Crippen LogP contribution in [0.15, 0.2) is 66.7 Å². The van der Waals surface area contributed by atoms with E-state index in [9.17, 15) is 9.90 Å². The molecular formula is C24H20O4. The fraction of sp³-hybridized carbons (Fsp3) is 0.125. The van der Waals surface area contributed by atoms with Crippen LogP contribution in [-0.2, 0) is 4.74 Å². The maximum absolute atomic E-state index is 12.5. The molecule has 4 aromatic carbocycles. The van der Waals surface area contributed by atoms with E-state index in [0.717, 1.165) is 27.3 Å². The Morgan fingerprint density at radius 2 is 1.68 bits per heavy atom. The fourth-order valence-corrected chi connectivity index (χ4v) is 3.56. The summed E-state index contributed by atoms with van der Waals surface area (Å²) in [6.45, 7) is 1.98. The molecule has 0 unspecified atom stereocenters. The van der Waals surface area contributed by atoms with Gasteiger partial charge in [-0.15, -0.1) is 0 Å². The molecule has 140 valence electrons. The van der Waals surface area contributed by atoms with Crippen molar-refractivity contribution in [2.75, 3.05) is 13.7 Å². The molecule has 4 nitrogen and oxygen atoms in total. The quantitative estimate of drug-likeness (QED) is 0.477. The monoisotopic (exact) mass is 372 g/mol. The number of benzene rings is 4. The first-order chi connectivity index (χ1) is 13.6. The molecule has 1 N–H and O–H groups in total. The lowest BCUT2D eigenvalue weighted by Gasteiger charge is -2.15. The van der Waals surface area contributed by atoms with Gasteiger partial charge in [0.15, 0.2) is 0 Å². The molecule has 0 spiro atoms. The van der Waals surface area contributed by atoms with E-state index >= 15 is 0 Å². The van der Waals surface area contributed by atoms with E-state index in [1.54, 1.807) is 32.2 Å². The highest BCUT2D eigenvalue weighted by Gasteiger charge is 2.20. The summed E-state index contributed by atoms with van der Waals surface area (Å²) < 4.78 is 10.5. The van der Waals surface area contributed by atoms with E-state index in [1.807, 2.05) is 48.5 Å². The Morgan fingerprint density at radius 1 is 0.893 bits per heavy atom. The van der Waals surface area contributed by atoms with Crippen molar-refractivity contribution in [3.05, 3.63) is 72.3 Å². The Morgan fingerprint density at radius 3 is 2.46 bits per heavy atom. The number of methoxy groups -OCH3 is 1. The number of carbonyl (C=O) groups is 1. The first-order valence-electron chi connectivity index (χ1n) is 9.13. The van der Waals surface area contributed by atoms with Crippen molar-refractivity contribution >= 4 is 27.5 Å². The smallest absolute Gasteiger partial charge is 0.341 e. The number of aromatic hydroxyl groups is 1. The van der Waals surface area contributed by atoms with Gasteiger partial charge in [-0.2, -0.15) is 0 Å². The number of hydrogen-bond acceptors (Lipinski definition) is 4. The highest BCUT2D eigenvalue weighted by Crippen LogP contribution is 2.41. The van der Waals surface area contributed by atoms with Crippen LogP contribution in [0.3, 0.4) is 0 Å². The molecule has 0 atom stereocenters. The van der Waals surface area contributed by atoms with Gasteiger partial charge in [-0.05, 0) is 58.5 Å². The molecule has 4 aromatic rings. The number of carbonyl (C=O) groups excluding carboxylic acids is 1. The van der Waals surface area contributed by atoms with Gasteiger partial charge in [-0.25, -0.2) is 4.79 Å². The third-order valence-corrected chi connectivity index (χ3v) is 4.89. The average molecular weight is 372 g/mol. The molecule has 0 radical (unpaired) electrons. The lowest BCUT2D eigenvalue weighted by atomic mass is 9.91. The zero-order chi connectivity index (χ0) is 19.7. The van der Waals surface area contributed by atoms with Gasteiger partial charge in [0.2, 0.25) is 0 Å². The third-order valence-electron chi connectivity index (χ3n) is 4.89. The molecule has 0 bridgehead atoms. The molecule has 4 rings (SSSR count). The van der Waals surface area contributed by atoms with Gasteiger partial charge in [-0.1, -0.05) is 42.5 Å². The topological polar surface area (TPSA) is 55.8 Å². The second-order valence-corrected chi connectivity index (χ2v) is 6.48. The molecule has 0 aliphatic rings. The molecule has 0 saturated heterocycles.